The first-order valence-electron chi connectivity index (χ1n) is 6.99. The summed E-state index contributed by atoms with van der Waals surface area (Å²) in [7, 11) is 0. The first-order valence-corrected chi connectivity index (χ1v) is 6.99. The lowest BCUT2D eigenvalue weighted by atomic mass is 9.83. The van der Waals surface area contributed by atoms with Gasteiger partial charge in [-0.15, -0.1) is 0 Å². The number of hydrogen-bond donors (Lipinski definition) is 2. The van der Waals surface area contributed by atoms with E-state index >= 15 is 0 Å². The van der Waals surface area contributed by atoms with Crippen molar-refractivity contribution < 1.29 is 10.2 Å². The maximum absolute atomic E-state index is 10.5. The number of hydrogen-bond acceptors (Lipinski definition) is 2. The third-order valence-corrected chi connectivity index (χ3v) is 4.00. The molecule has 0 aromatic carbocycles. The van der Waals surface area contributed by atoms with Gasteiger partial charge in [0.25, 0.3) is 0 Å². The monoisotopic (exact) mass is 228 g/mol. The Labute approximate surface area is 100 Å². The van der Waals surface area contributed by atoms with Gasteiger partial charge in [-0.25, -0.2) is 0 Å². The lowest BCUT2D eigenvalue weighted by Crippen LogP contribution is -2.42. The average Bonchev–Trinajstić information content (AvgIpc) is 2.44. The van der Waals surface area contributed by atoms with Gasteiger partial charge in [-0.3, -0.25) is 0 Å². The average molecular weight is 228 g/mol. The van der Waals surface area contributed by atoms with E-state index < -0.39 is 11.7 Å². The van der Waals surface area contributed by atoms with Crippen molar-refractivity contribution in [2.24, 2.45) is 5.92 Å². The van der Waals surface area contributed by atoms with Gasteiger partial charge in [0.05, 0.1) is 11.7 Å². The molecule has 1 rings (SSSR count). The van der Waals surface area contributed by atoms with Gasteiger partial charge in [-0.05, 0) is 25.2 Å². The highest BCUT2D eigenvalue weighted by molar-refractivity contribution is 4.88. The number of aliphatic hydroxyl groups is 2. The van der Waals surface area contributed by atoms with Crippen LogP contribution in [0.25, 0.3) is 0 Å². The maximum Gasteiger partial charge on any atom is 0.0905 e. The molecule has 0 heterocycles. The molecule has 1 saturated carbocycles. The Morgan fingerprint density at radius 3 is 2.19 bits per heavy atom. The molecule has 1 aliphatic carbocycles. The minimum atomic E-state index is -0.793. The molecule has 0 radical (unpaired) electrons. The fraction of sp³-hybridized carbons (Fsp3) is 1.00. The zero-order chi connectivity index (χ0) is 12.0. The molecule has 96 valence electrons. The summed E-state index contributed by atoms with van der Waals surface area (Å²) in [4.78, 5) is 0. The summed E-state index contributed by atoms with van der Waals surface area (Å²) < 4.78 is 0. The molecular formula is C14H28O2. The van der Waals surface area contributed by atoms with E-state index in [0.717, 1.165) is 44.9 Å². The highest BCUT2D eigenvalue weighted by Crippen LogP contribution is 2.32. The summed E-state index contributed by atoms with van der Waals surface area (Å²) in [6.07, 6.45) is 8.65. The van der Waals surface area contributed by atoms with Crippen LogP contribution in [0.1, 0.15) is 71.6 Å². The van der Waals surface area contributed by atoms with Crippen molar-refractivity contribution in [2.75, 3.05) is 0 Å². The van der Waals surface area contributed by atoms with Crippen LogP contribution in [0.2, 0.25) is 0 Å². The zero-order valence-corrected chi connectivity index (χ0v) is 10.9. The van der Waals surface area contributed by atoms with Crippen molar-refractivity contribution in [3.8, 4) is 0 Å². The molecule has 2 heteroatoms. The van der Waals surface area contributed by atoms with Crippen LogP contribution in [0.5, 0.6) is 0 Å². The number of rotatable bonds is 5. The predicted octanol–water partition coefficient (Wildman–Crippen LogP) is 3.26. The van der Waals surface area contributed by atoms with E-state index in [1.165, 1.54) is 12.8 Å². The lowest BCUT2D eigenvalue weighted by Gasteiger charge is -2.33. The summed E-state index contributed by atoms with van der Waals surface area (Å²) in [5, 5.41) is 20.7. The zero-order valence-electron chi connectivity index (χ0n) is 10.9. The molecule has 2 nitrogen and oxygen atoms in total. The van der Waals surface area contributed by atoms with Gasteiger partial charge in [-0.2, -0.15) is 0 Å². The molecule has 0 aromatic rings. The SMILES string of the molecule is CCCC(C)CC(O)C1(O)CCCCCC1. The van der Waals surface area contributed by atoms with Crippen molar-refractivity contribution in [1.29, 1.82) is 0 Å². The van der Waals surface area contributed by atoms with Gasteiger partial charge in [-0.1, -0.05) is 52.4 Å². The van der Waals surface area contributed by atoms with Crippen LogP contribution >= 0.6 is 0 Å². The molecule has 2 atom stereocenters. The Bertz CT molecular complexity index is 183. The van der Waals surface area contributed by atoms with Gasteiger partial charge >= 0.3 is 0 Å². The molecule has 1 fully saturated rings. The molecule has 0 bridgehead atoms. The fourth-order valence-electron chi connectivity index (χ4n) is 2.89. The van der Waals surface area contributed by atoms with Crippen LogP contribution < -0.4 is 0 Å². The first kappa shape index (κ1) is 14.0. The summed E-state index contributed by atoms with van der Waals surface area (Å²) >= 11 is 0. The molecule has 0 aliphatic heterocycles. The van der Waals surface area contributed by atoms with Crippen molar-refractivity contribution in [3.05, 3.63) is 0 Å². The van der Waals surface area contributed by atoms with E-state index in [-0.39, 0.29) is 0 Å². The Balaban J connectivity index is 2.45. The first-order chi connectivity index (χ1) is 7.58. The quantitative estimate of drug-likeness (QED) is 0.709. The Morgan fingerprint density at radius 2 is 1.69 bits per heavy atom. The van der Waals surface area contributed by atoms with Crippen LogP contribution in [0.15, 0.2) is 0 Å². The van der Waals surface area contributed by atoms with Crippen molar-refractivity contribution in [2.45, 2.75) is 83.3 Å². The molecule has 0 saturated heterocycles. The van der Waals surface area contributed by atoms with Gasteiger partial charge in [0.2, 0.25) is 0 Å². The van der Waals surface area contributed by atoms with Crippen molar-refractivity contribution >= 4 is 0 Å². The molecule has 16 heavy (non-hydrogen) atoms. The standard InChI is InChI=1S/C14H28O2/c1-3-8-12(2)11-13(15)14(16)9-6-4-5-7-10-14/h12-13,15-16H,3-11H2,1-2H3. The van der Waals surface area contributed by atoms with E-state index in [4.69, 9.17) is 0 Å². The molecule has 2 N–H and O–H groups in total. The smallest absolute Gasteiger partial charge is 0.0905 e. The third kappa shape index (κ3) is 4.06. The predicted molar refractivity (Wildman–Crippen MR) is 67.3 cm³/mol. The second-order valence-corrected chi connectivity index (χ2v) is 5.66. The lowest BCUT2D eigenvalue weighted by molar-refractivity contribution is -0.0925. The summed E-state index contributed by atoms with van der Waals surface area (Å²) in [6.45, 7) is 4.34. The Kier molecular flexibility index (Phi) is 5.77. The van der Waals surface area contributed by atoms with E-state index in [1.807, 2.05) is 0 Å². The molecule has 0 spiro atoms. The molecule has 1 aliphatic rings. The van der Waals surface area contributed by atoms with Gasteiger partial charge in [0, 0.05) is 0 Å². The van der Waals surface area contributed by atoms with Crippen LogP contribution in [-0.2, 0) is 0 Å². The number of aliphatic hydroxyl groups excluding tert-OH is 1. The van der Waals surface area contributed by atoms with Crippen LogP contribution in [-0.4, -0.2) is 21.9 Å². The second kappa shape index (κ2) is 6.61. The van der Waals surface area contributed by atoms with E-state index in [2.05, 4.69) is 13.8 Å². The minimum absolute atomic E-state index is 0.521. The Hall–Kier alpha value is -0.0800. The maximum atomic E-state index is 10.5. The third-order valence-electron chi connectivity index (χ3n) is 4.00. The molecule has 0 aromatic heterocycles. The summed E-state index contributed by atoms with van der Waals surface area (Å²) in [6, 6.07) is 0. The second-order valence-electron chi connectivity index (χ2n) is 5.66. The minimum Gasteiger partial charge on any atom is -0.390 e. The van der Waals surface area contributed by atoms with Gasteiger partial charge in [0.1, 0.15) is 0 Å². The summed E-state index contributed by atoms with van der Waals surface area (Å²) in [5.41, 5.74) is -0.793. The van der Waals surface area contributed by atoms with Gasteiger partial charge in [0.15, 0.2) is 0 Å². The van der Waals surface area contributed by atoms with E-state index in [9.17, 15) is 10.2 Å². The van der Waals surface area contributed by atoms with Gasteiger partial charge < -0.3 is 10.2 Å². The largest absolute Gasteiger partial charge is 0.390 e. The fourth-order valence-corrected chi connectivity index (χ4v) is 2.89. The van der Waals surface area contributed by atoms with E-state index in [1.54, 1.807) is 0 Å². The van der Waals surface area contributed by atoms with Crippen molar-refractivity contribution in [3.63, 3.8) is 0 Å². The van der Waals surface area contributed by atoms with E-state index in [0.29, 0.717) is 5.92 Å². The summed E-state index contributed by atoms with van der Waals surface area (Å²) in [5.74, 6) is 0.521. The highest BCUT2D eigenvalue weighted by atomic mass is 16.3. The highest BCUT2D eigenvalue weighted by Gasteiger charge is 2.36. The molecular weight excluding hydrogens is 200 g/mol. The van der Waals surface area contributed by atoms with Crippen molar-refractivity contribution in [1.82, 2.24) is 0 Å². The normalized spacial score (nSPS) is 24.8. The van der Waals surface area contributed by atoms with Crippen LogP contribution in [0, 0.1) is 5.92 Å². The van der Waals surface area contributed by atoms with Crippen LogP contribution in [0.3, 0.4) is 0 Å². The topological polar surface area (TPSA) is 40.5 Å². The molecule has 0 amide bonds. The van der Waals surface area contributed by atoms with Crippen LogP contribution in [0.4, 0.5) is 0 Å². The Morgan fingerprint density at radius 1 is 1.12 bits per heavy atom. The molecule has 2 unspecified atom stereocenters.